The van der Waals surface area contributed by atoms with Crippen LogP contribution in [0.2, 0.25) is 0 Å². The lowest BCUT2D eigenvalue weighted by atomic mass is 9.97. The fourth-order valence-corrected chi connectivity index (χ4v) is 1.98. The third-order valence-corrected chi connectivity index (χ3v) is 3.00. The van der Waals surface area contributed by atoms with Crippen molar-refractivity contribution < 1.29 is 0 Å². The second kappa shape index (κ2) is 7.81. The van der Waals surface area contributed by atoms with Crippen LogP contribution in [0.5, 0.6) is 0 Å². The molecule has 2 nitrogen and oxygen atoms in total. The summed E-state index contributed by atoms with van der Waals surface area (Å²) in [5, 5.41) is 3.10. The van der Waals surface area contributed by atoms with Gasteiger partial charge in [-0.05, 0) is 18.6 Å². The Balaban J connectivity index is 2.74. The predicted molar refractivity (Wildman–Crippen MR) is 75.9 cm³/mol. The summed E-state index contributed by atoms with van der Waals surface area (Å²) in [4.78, 5) is 5.18. The first-order chi connectivity index (χ1) is 8.29. The van der Waals surface area contributed by atoms with Crippen molar-refractivity contribution in [3.8, 4) is 12.3 Å². The van der Waals surface area contributed by atoms with E-state index in [-0.39, 0.29) is 5.92 Å². The van der Waals surface area contributed by atoms with Crippen LogP contribution in [0.15, 0.2) is 24.4 Å². The van der Waals surface area contributed by atoms with E-state index in [2.05, 4.69) is 23.1 Å². The van der Waals surface area contributed by atoms with Gasteiger partial charge in [0, 0.05) is 6.20 Å². The third kappa shape index (κ3) is 4.54. The van der Waals surface area contributed by atoms with Crippen molar-refractivity contribution in [3.63, 3.8) is 0 Å². The van der Waals surface area contributed by atoms with E-state index in [0.29, 0.717) is 6.54 Å². The first kappa shape index (κ1) is 13.7. The van der Waals surface area contributed by atoms with Gasteiger partial charge in [-0.25, -0.2) is 0 Å². The number of hydrogen-bond donors (Lipinski definition) is 1. The standard InChI is InChI=1S/C14H18N2S/c1-3-5-8-12(14(17)16-10-4-2)13-9-6-7-11-15-13/h2,6-7,9,11-12H,3,5,8,10H2,1H3,(H,16,17). The van der Waals surface area contributed by atoms with Crippen LogP contribution in [0, 0.1) is 12.3 Å². The lowest BCUT2D eigenvalue weighted by Crippen LogP contribution is -2.28. The highest BCUT2D eigenvalue weighted by atomic mass is 32.1. The summed E-state index contributed by atoms with van der Waals surface area (Å²) in [6.07, 6.45) is 10.3. The van der Waals surface area contributed by atoms with E-state index in [1.165, 1.54) is 0 Å². The van der Waals surface area contributed by atoms with Crippen molar-refractivity contribution >= 4 is 17.2 Å². The van der Waals surface area contributed by atoms with Gasteiger partial charge < -0.3 is 5.32 Å². The maximum Gasteiger partial charge on any atom is 0.0852 e. The van der Waals surface area contributed by atoms with Crippen LogP contribution in [-0.4, -0.2) is 16.5 Å². The fourth-order valence-electron chi connectivity index (χ4n) is 1.66. The molecule has 1 aromatic rings. The molecule has 1 unspecified atom stereocenters. The number of hydrogen-bond acceptors (Lipinski definition) is 2. The van der Waals surface area contributed by atoms with Crippen molar-refractivity contribution in [3.05, 3.63) is 30.1 Å². The molecular weight excluding hydrogens is 228 g/mol. The molecule has 0 aliphatic rings. The van der Waals surface area contributed by atoms with Gasteiger partial charge in [-0.2, -0.15) is 0 Å². The predicted octanol–water partition coefficient (Wildman–Crippen LogP) is 2.91. The number of pyridine rings is 1. The average molecular weight is 246 g/mol. The molecule has 0 aliphatic carbocycles. The minimum absolute atomic E-state index is 0.180. The lowest BCUT2D eigenvalue weighted by molar-refractivity contribution is 0.666. The van der Waals surface area contributed by atoms with Gasteiger partial charge >= 0.3 is 0 Å². The molecular formula is C14H18N2S. The number of terminal acetylenes is 1. The number of nitrogens with zero attached hydrogens (tertiary/aromatic N) is 1. The van der Waals surface area contributed by atoms with Crippen molar-refractivity contribution in [2.45, 2.75) is 32.1 Å². The van der Waals surface area contributed by atoms with Crippen molar-refractivity contribution in [2.75, 3.05) is 6.54 Å². The van der Waals surface area contributed by atoms with E-state index >= 15 is 0 Å². The zero-order valence-corrected chi connectivity index (χ0v) is 11.0. The van der Waals surface area contributed by atoms with E-state index in [0.717, 1.165) is 29.9 Å². The Morgan fingerprint density at radius 1 is 1.59 bits per heavy atom. The molecule has 0 saturated heterocycles. The molecule has 0 bridgehead atoms. The van der Waals surface area contributed by atoms with Gasteiger partial charge in [0.25, 0.3) is 0 Å². The summed E-state index contributed by atoms with van der Waals surface area (Å²) in [6.45, 7) is 2.65. The van der Waals surface area contributed by atoms with E-state index < -0.39 is 0 Å². The summed E-state index contributed by atoms with van der Waals surface area (Å²) in [5.41, 5.74) is 1.02. The van der Waals surface area contributed by atoms with E-state index in [1.54, 1.807) is 6.20 Å². The van der Waals surface area contributed by atoms with Crippen molar-refractivity contribution in [2.24, 2.45) is 0 Å². The van der Waals surface area contributed by atoms with Crippen LogP contribution in [0.3, 0.4) is 0 Å². The van der Waals surface area contributed by atoms with Crippen LogP contribution in [0.25, 0.3) is 0 Å². The molecule has 1 aromatic heterocycles. The molecule has 0 saturated carbocycles. The largest absolute Gasteiger partial charge is 0.368 e. The maximum absolute atomic E-state index is 5.39. The first-order valence-electron chi connectivity index (χ1n) is 5.91. The Hall–Kier alpha value is -1.40. The van der Waals surface area contributed by atoms with Gasteiger partial charge in [0.1, 0.15) is 0 Å². The van der Waals surface area contributed by atoms with Gasteiger partial charge in [0.05, 0.1) is 23.1 Å². The minimum atomic E-state index is 0.180. The second-order valence-electron chi connectivity index (χ2n) is 3.87. The van der Waals surface area contributed by atoms with Gasteiger partial charge in [0.15, 0.2) is 0 Å². The second-order valence-corrected chi connectivity index (χ2v) is 4.31. The molecule has 1 N–H and O–H groups in total. The third-order valence-electron chi connectivity index (χ3n) is 2.57. The summed E-state index contributed by atoms with van der Waals surface area (Å²) in [5.74, 6) is 2.72. The highest BCUT2D eigenvalue weighted by molar-refractivity contribution is 7.80. The fraction of sp³-hybridized carbons (Fsp3) is 0.429. The molecule has 0 spiro atoms. The van der Waals surface area contributed by atoms with E-state index in [1.807, 2.05) is 18.2 Å². The molecule has 0 amide bonds. The van der Waals surface area contributed by atoms with Crippen LogP contribution in [-0.2, 0) is 0 Å². The molecule has 0 aliphatic heterocycles. The molecule has 0 radical (unpaired) electrons. The van der Waals surface area contributed by atoms with Gasteiger partial charge in [-0.1, -0.05) is 44.0 Å². The van der Waals surface area contributed by atoms with Crippen molar-refractivity contribution in [1.82, 2.24) is 10.3 Å². The highest BCUT2D eigenvalue weighted by Gasteiger charge is 2.16. The summed E-state index contributed by atoms with van der Waals surface area (Å²) in [7, 11) is 0. The number of thiocarbonyl (C=S) groups is 1. The Morgan fingerprint density at radius 3 is 3.00 bits per heavy atom. The lowest BCUT2D eigenvalue weighted by Gasteiger charge is -2.17. The average Bonchev–Trinajstić information content (AvgIpc) is 2.38. The van der Waals surface area contributed by atoms with Crippen LogP contribution in [0.4, 0.5) is 0 Å². The Morgan fingerprint density at radius 2 is 2.41 bits per heavy atom. The SMILES string of the molecule is C#CCNC(=S)C(CCCC)c1ccccn1. The first-order valence-corrected chi connectivity index (χ1v) is 6.32. The van der Waals surface area contributed by atoms with Crippen LogP contribution < -0.4 is 5.32 Å². The van der Waals surface area contributed by atoms with Crippen LogP contribution >= 0.6 is 12.2 Å². The van der Waals surface area contributed by atoms with E-state index in [4.69, 9.17) is 18.6 Å². The van der Waals surface area contributed by atoms with Gasteiger partial charge in [-0.3, -0.25) is 4.98 Å². The summed E-state index contributed by atoms with van der Waals surface area (Å²) >= 11 is 5.39. The molecule has 1 heterocycles. The number of unbranched alkanes of at least 4 members (excludes halogenated alkanes) is 1. The summed E-state index contributed by atoms with van der Waals surface area (Å²) < 4.78 is 0. The molecule has 0 fully saturated rings. The number of nitrogens with one attached hydrogen (secondary N) is 1. The Bertz CT molecular complexity index is 381. The quantitative estimate of drug-likeness (QED) is 0.617. The normalized spacial score (nSPS) is 11.5. The highest BCUT2D eigenvalue weighted by Crippen LogP contribution is 2.21. The molecule has 0 aromatic carbocycles. The summed E-state index contributed by atoms with van der Waals surface area (Å²) in [6, 6.07) is 5.92. The zero-order chi connectivity index (χ0) is 12.5. The van der Waals surface area contributed by atoms with Gasteiger partial charge in [-0.15, -0.1) is 6.42 Å². The molecule has 1 atom stereocenters. The maximum atomic E-state index is 5.39. The Labute approximate surface area is 109 Å². The topological polar surface area (TPSA) is 24.9 Å². The smallest absolute Gasteiger partial charge is 0.0852 e. The monoisotopic (exact) mass is 246 g/mol. The number of rotatable bonds is 6. The zero-order valence-electron chi connectivity index (χ0n) is 10.1. The van der Waals surface area contributed by atoms with Crippen LogP contribution in [0.1, 0.15) is 37.8 Å². The van der Waals surface area contributed by atoms with E-state index in [9.17, 15) is 0 Å². The van der Waals surface area contributed by atoms with Crippen molar-refractivity contribution in [1.29, 1.82) is 0 Å². The molecule has 3 heteroatoms. The molecule has 1 rings (SSSR count). The number of aromatic nitrogens is 1. The minimum Gasteiger partial charge on any atom is -0.368 e. The molecule has 17 heavy (non-hydrogen) atoms. The van der Waals surface area contributed by atoms with Gasteiger partial charge in [0.2, 0.25) is 0 Å². The molecule has 90 valence electrons. The Kier molecular flexibility index (Phi) is 6.27.